The number of benzene rings is 2. The fourth-order valence-electron chi connectivity index (χ4n) is 3.30. The number of hydrogen-bond acceptors (Lipinski definition) is 4. The Morgan fingerprint density at radius 2 is 1.69 bits per heavy atom. The van der Waals surface area contributed by atoms with Crippen molar-refractivity contribution in [1.82, 2.24) is 30.8 Å². The van der Waals surface area contributed by atoms with Crippen LogP contribution in [-0.4, -0.2) is 31.8 Å². The van der Waals surface area contributed by atoms with E-state index in [4.69, 9.17) is 0 Å². The number of halogens is 2. The van der Waals surface area contributed by atoms with Crippen LogP contribution < -0.4 is 10.9 Å². The van der Waals surface area contributed by atoms with E-state index in [9.17, 15) is 18.4 Å². The van der Waals surface area contributed by atoms with E-state index < -0.39 is 23.4 Å². The molecule has 0 saturated carbocycles. The Hall–Kier alpha value is -4.34. The van der Waals surface area contributed by atoms with Crippen LogP contribution in [0, 0.1) is 25.5 Å². The first-order chi connectivity index (χ1) is 15.3. The number of aryl methyl sites for hydroxylation is 1. The molecule has 0 aliphatic carbocycles. The SMILES string of the molecule is Cc1nn(-c2ccc(F)cc2F)c(C)c1C(=O)NNC(=O)c1cc(-c2ccccc2)n[nH]1. The molecule has 4 rings (SSSR count). The summed E-state index contributed by atoms with van der Waals surface area (Å²) in [5.74, 6) is -2.77. The zero-order valence-electron chi connectivity index (χ0n) is 17.1. The lowest BCUT2D eigenvalue weighted by Gasteiger charge is -2.08. The van der Waals surface area contributed by atoms with Gasteiger partial charge in [0.15, 0.2) is 5.82 Å². The van der Waals surface area contributed by atoms with Gasteiger partial charge in [-0.2, -0.15) is 10.2 Å². The molecular formula is C22H18F2N6O2. The van der Waals surface area contributed by atoms with Gasteiger partial charge in [0.05, 0.1) is 22.6 Å². The van der Waals surface area contributed by atoms with Crippen LogP contribution in [0.15, 0.2) is 54.6 Å². The second-order valence-corrected chi connectivity index (χ2v) is 6.99. The summed E-state index contributed by atoms with van der Waals surface area (Å²) >= 11 is 0. The molecule has 0 fully saturated rings. The van der Waals surface area contributed by atoms with Crippen molar-refractivity contribution in [1.29, 1.82) is 0 Å². The van der Waals surface area contributed by atoms with Crippen LogP contribution in [-0.2, 0) is 0 Å². The molecular weight excluding hydrogens is 418 g/mol. The monoisotopic (exact) mass is 436 g/mol. The second-order valence-electron chi connectivity index (χ2n) is 6.99. The van der Waals surface area contributed by atoms with Gasteiger partial charge in [-0.3, -0.25) is 25.5 Å². The Morgan fingerprint density at radius 1 is 0.969 bits per heavy atom. The van der Waals surface area contributed by atoms with E-state index in [0.717, 1.165) is 17.7 Å². The first-order valence-electron chi connectivity index (χ1n) is 9.58. The fraction of sp³-hybridized carbons (Fsp3) is 0.0909. The predicted octanol–water partition coefficient (Wildman–Crippen LogP) is 3.23. The highest BCUT2D eigenvalue weighted by atomic mass is 19.1. The number of H-pyrrole nitrogens is 1. The van der Waals surface area contributed by atoms with E-state index in [1.165, 1.54) is 10.7 Å². The first-order valence-corrected chi connectivity index (χ1v) is 9.58. The van der Waals surface area contributed by atoms with Gasteiger partial charge >= 0.3 is 0 Å². The van der Waals surface area contributed by atoms with Crippen LogP contribution in [0.5, 0.6) is 0 Å². The third kappa shape index (κ3) is 3.97. The number of hydrazine groups is 1. The van der Waals surface area contributed by atoms with Crippen molar-refractivity contribution >= 4 is 11.8 Å². The molecule has 0 saturated heterocycles. The van der Waals surface area contributed by atoms with E-state index in [1.807, 2.05) is 30.3 Å². The van der Waals surface area contributed by atoms with Gasteiger partial charge in [-0.15, -0.1) is 0 Å². The van der Waals surface area contributed by atoms with Gasteiger partial charge in [0.2, 0.25) is 0 Å². The van der Waals surface area contributed by atoms with Crippen LogP contribution in [0.25, 0.3) is 16.9 Å². The van der Waals surface area contributed by atoms with Crippen LogP contribution in [0.1, 0.15) is 32.2 Å². The summed E-state index contributed by atoms with van der Waals surface area (Å²) in [6, 6.07) is 13.9. The first kappa shape index (κ1) is 20.9. The molecule has 0 unspecified atom stereocenters. The highest BCUT2D eigenvalue weighted by Crippen LogP contribution is 2.21. The van der Waals surface area contributed by atoms with E-state index in [-0.39, 0.29) is 16.9 Å². The molecule has 4 aromatic rings. The summed E-state index contributed by atoms with van der Waals surface area (Å²) < 4.78 is 28.6. The highest BCUT2D eigenvalue weighted by Gasteiger charge is 2.22. The van der Waals surface area contributed by atoms with Crippen LogP contribution >= 0.6 is 0 Å². The Morgan fingerprint density at radius 3 is 2.41 bits per heavy atom. The molecule has 0 aliphatic rings. The number of aromatic amines is 1. The third-order valence-corrected chi connectivity index (χ3v) is 4.84. The summed E-state index contributed by atoms with van der Waals surface area (Å²) in [6.07, 6.45) is 0. The van der Waals surface area contributed by atoms with Crippen molar-refractivity contribution in [2.45, 2.75) is 13.8 Å². The van der Waals surface area contributed by atoms with E-state index >= 15 is 0 Å². The molecule has 3 N–H and O–H groups in total. The molecule has 32 heavy (non-hydrogen) atoms. The fourth-order valence-corrected chi connectivity index (χ4v) is 3.30. The van der Waals surface area contributed by atoms with Gasteiger partial charge in [0.1, 0.15) is 17.2 Å². The van der Waals surface area contributed by atoms with Gasteiger partial charge in [-0.05, 0) is 32.0 Å². The Balaban J connectivity index is 1.48. The summed E-state index contributed by atoms with van der Waals surface area (Å²) in [5, 5.41) is 10.9. The molecule has 0 aliphatic heterocycles. The van der Waals surface area contributed by atoms with Gasteiger partial charge in [0.25, 0.3) is 11.8 Å². The standard InChI is InChI=1S/C22H18F2N6O2/c1-12-20(13(2)30(29-12)19-9-8-15(23)10-16(19)24)22(32)28-27-21(31)18-11-17(25-26-18)14-6-4-3-5-7-14/h3-11H,1-2H3,(H,25,26)(H,27,31)(H,28,32). The number of nitrogens with zero attached hydrogens (tertiary/aromatic N) is 3. The number of carbonyl (C=O) groups excluding carboxylic acids is 2. The maximum absolute atomic E-state index is 14.2. The van der Waals surface area contributed by atoms with Crippen molar-refractivity contribution in [3.63, 3.8) is 0 Å². The number of aromatic nitrogens is 4. The lowest BCUT2D eigenvalue weighted by atomic mass is 10.1. The Bertz CT molecular complexity index is 1310. The molecule has 0 atom stereocenters. The number of hydrogen-bond donors (Lipinski definition) is 3. The number of carbonyl (C=O) groups is 2. The Kier molecular flexibility index (Phi) is 5.50. The molecule has 0 bridgehead atoms. The lowest BCUT2D eigenvalue weighted by Crippen LogP contribution is -2.42. The van der Waals surface area contributed by atoms with E-state index in [1.54, 1.807) is 19.9 Å². The van der Waals surface area contributed by atoms with Crippen LogP contribution in [0.3, 0.4) is 0 Å². The van der Waals surface area contributed by atoms with Crippen molar-refractivity contribution in [3.8, 4) is 16.9 Å². The molecule has 2 amide bonds. The molecule has 2 aromatic heterocycles. The number of amides is 2. The van der Waals surface area contributed by atoms with E-state index in [0.29, 0.717) is 17.1 Å². The number of rotatable bonds is 4. The minimum absolute atomic E-state index is 0.000914. The van der Waals surface area contributed by atoms with Crippen LogP contribution in [0.2, 0.25) is 0 Å². The minimum atomic E-state index is -0.815. The van der Waals surface area contributed by atoms with Gasteiger partial charge in [-0.25, -0.2) is 13.5 Å². The summed E-state index contributed by atoms with van der Waals surface area (Å²) in [5.41, 5.74) is 7.00. The van der Waals surface area contributed by atoms with E-state index in [2.05, 4.69) is 26.1 Å². The summed E-state index contributed by atoms with van der Waals surface area (Å²) in [4.78, 5) is 25.1. The van der Waals surface area contributed by atoms with Crippen molar-refractivity contribution in [2.75, 3.05) is 0 Å². The third-order valence-electron chi connectivity index (χ3n) is 4.84. The second kappa shape index (κ2) is 8.42. The van der Waals surface area contributed by atoms with Gasteiger partial charge < -0.3 is 0 Å². The Labute approximate surface area is 181 Å². The quantitative estimate of drug-likeness (QED) is 0.427. The maximum Gasteiger partial charge on any atom is 0.287 e. The van der Waals surface area contributed by atoms with Crippen molar-refractivity contribution < 1.29 is 18.4 Å². The summed E-state index contributed by atoms with van der Waals surface area (Å²) in [7, 11) is 0. The normalized spacial score (nSPS) is 10.8. The molecule has 0 spiro atoms. The topological polar surface area (TPSA) is 105 Å². The zero-order chi connectivity index (χ0) is 22.8. The largest absolute Gasteiger partial charge is 0.287 e. The highest BCUT2D eigenvalue weighted by molar-refractivity contribution is 6.00. The average Bonchev–Trinajstić information content (AvgIpc) is 3.38. The molecule has 0 radical (unpaired) electrons. The predicted molar refractivity (Wildman–Crippen MR) is 112 cm³/mol. The van der Waals surface area contributed by atoms with Gasteiger partial charge in [-0.1, -0.05) is 30.3 Å². The maximum atomic E-state index is 14.2. The average molecular weight is 436 g/mol. The number of nitrogens with one attached hydrogen (secondary N) is 3. The molecule has 2 aromatic carbocycles. The van der Waals surface area contributed by atoms with Gasteiger partial charge in [0, 0.05) is 11.6 Å². The molecule has 10 heteroatoms. The minimum Gasteiger partial charge on any atom is -0.272 e. The van der Waals surface area contributed by atoms with Crippen molar-refractivity contribution in [2.24, 2.45) is 0 Å². The van der Waals surface area contributed by atoms with Crippen LogP contribution in [0.4, 0.5) is 8.78 Å². The molecule has 2 heterocycles. The lowest BCUT2D eigenvalue weighted by molar-refractivity contribution is 0.0843. The van der Waals surface area contributed by atoms with Crippen molar-refractivity contribution in [3.05, 3.63) is 88.9 Å². The zero-order valence-corrected chi connectivity index (χ0v) is 17.1. The summed E-state index contributed by atoms with van der Waals surface area (Å²) in [6.45, 7) is 3.14. The molecule has 162 valence electrons. The molecule has 8 nitrogen and oxygen atoms in total. The smallest absolute Gasteiger partial charge is 0.272 e.